The minimum absolute atomic E-state index is 0.0144. The van der Waals surface area contributed by atoms with Crippen molar-refractivity contribution in [3.8, 4) is 0 Å². The molecular formula is C20H22FN3O3. The molecule has 2 amide bonds. The number of likely N-dealkylation sites (N-methyl/N-ethyl adjacent to an activating group) is 1. The van der Waals surface area contributed by atoms with E-state index in [1.807, 2.05) is 0 Å². The van der Waals surface area contributed by atoms with Crippen LogP contribution in [0.1, 0.15) is 24.2 Å². The van der Waals surface area contributed by atoms with Gasteiger partial charge in [-0.15, -0.1) is 0 Å². The average Bonchev–Trinajstić information content (AvgIpc) is 2.63. The third-order valence-corrected chi connectivity index (χ3v) is 4.10. The van der Waals surface area contributed by atoms with Crippen LogP contribution in [0.15, 0.2) is 48.5 Å². The number of anilines is 2. The monoisotopic (exact) mass is 371 g/mol. The molecule has 7 heteroatoms. The van der Waals surface area contributed by atoms with E-state index in [9.17, 15) is 18.8 Å². The molecule has 0 aliphatic carbocycles. The number of carbonyl (C=O) groups excluding carboxylic acids is 3. The molecule has 2 N–H and O–H groups in total. The summed E-state index contributed by atoms with van der Waals surface area (Å²) in [5.74, 6) is -1.09. The van der Waals surface area contributed by atoms with Crippen LogP contribution in [-0.4, -0.2) is 42.1 Å². The van der Waals surface area contributed by atoms with Gasteiger partial charge in [0.2, 0.25) is 11.8 Å². The molecule has 0 heterocycles. The van der Waals surface area contributed by atoms with Crippen LogP contribution in [0.25, 0.3) is 0 Å². The maximum atomic E-state index is 12.9. The van der Waals surface area contributed by atoms with Gasteiger partial charge in [0, 0.05) is 16.9 Å². The van der Waals surface area contributed by atoms with Crippen LogP contribution in [0.4, 0.5) is 15.8 Å². The third kappa shape index (κ3) is 6.00. The average molecular weight is 371 g/mol. The van der Waals surface area contributed by atoms with Crippen LogP contribution in [0, 0.1) is 5.82 Å². The smallest absolute Gasteiger partial charge is 0.241 e. The second kappa shape index (κ2) is 9.05. The van der Waals surface area contributed by atoms with Crippen LogP contribution in [0.2, 0.25) is 0 Å². The van der Waals surface area contributed by atoms with Crippen LogP contribution in [-0.2, 0) is 9.59 Å². The van der Waals surface area contributed by atoms with Gasteiger partial charge in [0.1, 0.15) is 5.82 Å². The number of Topliss-reactive ketones (excluding diaryl/α,β-unsaturated/α-hetero) is 1. The lowest BCUT2D eigenvalue weighted by molar-refractivity contribution is -0.122. The second-order valence-electron chi connectivity index (χ2n) is 6.27. The molecule has 1 atom stereocenters. The fourth-order valence-electron chi connectivity index (χ4n) is 2.36. The van der Waals surface area contributed by atoms with E-state index in [1.165, 1.54) is 31.2 Å². The second-order valence-corrected chi connectivity index (χ2v) is 6.27. The number of hydrogen-bond acceptors (Lipinski definition) is 4. The Morgan fingerprint density at radius 1 is 1.04 bits per heavy atom. The number of ketones is 1. The highest BCUT2D eigenvalue weighted by molar-refractivity contribution is 5.99. The molecule has 0 saturated heterocycles. The van der Waals surface area contributed by atoms with E-state index in [1.54, 1.807) is 43.1 Å². The Morgan fingerprint density at radius 2 is 1.70 bits per heavy atom. The van der Waals surface area contributed by atoms with Gasteiger partial charge in [-0.05, 0) is 57.3 Å². The number of benzene rings is 2. The first-order valence-electron chi connectivity index (χ1n) is 8.44. The number of rotatable bonds is 7. The largest absolute Gasteiger partial charge is 0.325 e. The predicted octanol–water partition coefficient (Wildman–Crippen LogP) is 2.93. The SMILES string of the molecule is CC(=O)c1cccc(NC(=O)[C@H](C)N(C)CC(=O)Nc2ccc(F)cc2)c1. The fourth-order valence-corrected chi connectivity index (χ4v) is 2.36. The zero-order valence-corrected chi connectivity index (χ0v) is 15.5. The first kappa shape index (κ1) is 20.3. The van der Waals surface area contributed by atoms with Crippen molar-refractivity contribution in [2.75, 3.05) is 24.2 Å². The number of halogens is 1. The van der Waals surface area contributed by atoms with Crippen molar-refractivity contribution >= 4 is 29.0 Å². The van der Waals surface area contributed by atoms with Crippen molar-refractivity contribution in [2.45, 2.75) is 19.9 Å². The summed E-state index contributed by atoms with van der Waals surface area (Å²) < 4.78 is 12.9. The lowest BCUT2D eigenvalue weighted by Gasteiger charge is -2.23. The molecule has 0 aliphatic rings. The molecule has 6 nitrogen and oxygen atoms in total. The first-order valence-corrected chi connectivity index (χ1v) is 8.44. The number of carbonyl (C=O) groups is 3. The van der Waals surface area contributed by atoms with E-state index in [0.717, 1.165) is 0 Å². The lowest BCUT2D eigenvalue weighted by atomic mass is 10.1. The molecule has 0 radical (unpaired) electrons. The zero-order valence-electron chi connectivity index (χ0n) is 15.5. The highest BCUT2D eigenvalue weighted by Crippen LogP contribution is 2.13. The van der Waals surface area contributed by atoms with Crippen molar-refractivity contribution < 1.29 is 18.8 Å². The Labute approximate surface area is 157 Å². The molecule has 0 fully saturated rings. The van der Waals surface area contributed by atoms with Crippen LogP contribution in [0.5, 0.6) is 0 Å². The molecule has 0 aromatic heterocycles. The van der Waals surface area contributed by atoms with E-state index in [0.29, 0.717) is 16.9 Å². The lowest BCUT2D eigenvalue weighted by Crippen LogP contribution is -2.43. The van der Waals surface area contributed by atoms with Crippen LogP contribution < -0.4 is 10.6 Å². The van der Waals surface area contributed by atoms with Gasteiger partial charge in [-0.1, -0.05) is 12.1 Å². The molecule has 27 heavy (non-hydrogen) atoms. The Hall–Kier alpha value is -3.06. The summed E-state index contributed by atoms with van der Waals surface area (Å²) in [5, 5.41) is 5.39. The maximum Gasteiger partial charge on any atom is 0.241 e. The van der Waals surface area contributed by atoms with Gasteiger partial charge in [-0.25, -0.2) is 4.39 Å². The van der Waals surface area contributed by atoms with E-state index in [2.05, 4.69) is 10.6 Å². The molecule has 0 saturated carbocycles. The quantitative estimate of drug-likeness (QED) is 0.734. The fraction of sp³-hybridized carbons (Fsp3) is 0.250. The number of nitrogens with zero attached hydrogens (tertiary/aromatic N) is 1. The van der Waals surface area contributed by atoms with Crippen LogP contribution in [0.3, 0.4) is 0 Å². The van der Waals surface area contributed by atoms with Crippen molar-refractivity contribution in [3.05, 3.63) is 59.9 Å². The zero-order chi connectivity index (χ0) is 20.0. The summed E-state index contributed by atoms with van der Waals surface area (Å²) in [6.45, 7) is 3.12. The van der Waals surface area contributed by atoms with Gasteiger partial charge in [0.05, 0.1) is 12.6 Å². The van der Waals surface area contributed by atoms with Crippen molar-refractivity contribution in [1.82, 2.24) is 4.90 Å². The molecule has 0 bridgehead atoms. The highest BCUT2D eigenvalue weighted by atomic mass is 19.1. The molecule has 0 aliphatic heterocycles. The predicted molar refractivity (Wildman–Crippen MR) is 102 cm³/mol. The summed E-state index contributed by atoms with van der Waals surface area (Å²) in [6.07, 6.45) is 0. The van der Waals surface area contributed by atoms with E-state index < -0.39 is 6.04 Å². The van der Waals surface area contributed by atoms with Gasteiger partial charge in [0.25, 0.3) is 0 Å². The van der Waals surface area contributed by atoms with Gasteiger partial charge in [-0.3, -0.25) is 19.3 Å². The Kier molecular flexibility index (Phi) is 6.79. The number of hydrogen-bond donors (Lipinski definition) is 2. The van der Waals surface area contributed by atoms with Gasteiger partial charge >= 0.3 is 0 Å². The van der Waals surface area contributed by atoms with E-state index in [-0.39, 0.29) is 30.0 Å². The topological polar surface area (TPSA) is 78.5 Å². The first-order chi connectivity index (χ1) is 12.8. The summed E-state index contributed by atoms with van der Waals surface area (Å²) in [5.41, 5.74) is 1.50. The van der Waals surface area contributed by atoms with E-state index in [4.69, 9.17) is 0 Å². The molecule has 0 spiro atoms. The van der Waals surface area contributed by atoms with Crippen LogP contribution >= 0.6 is 0 Å². The Balaban J connectivity index is 1.91. The Bertz CT molecular complexity index is 837. The molecule has 142 valence electrons. The molecule has 2 aromatic carbocycles. The Morgan fingerprint density at radius 3 is 2.33 bits per heavy atom. The minimum Gasteiger partial charge on any atom is -0.325 e. The van der Waals surface area contributed by atoms with Crippen molar-refractivity contribution in [1.29, 1.82) is 0 Å². The summed E-state index contributed by atoms with van der Waals surface area (Å²) in [7, 11) is 1.65. The van der Waals surface area contributed by atoms with Crippen molar-refractivity contribution in [2.24, 2.45) is 0 Å². The van der Waals surface area contributed by atoms with Gasteiger partial charge < -0.3 is 10.6 Å². The highest BCUT2D eigenvalue weighted by Gasteiger charge is 2.20. The van der Waals surface area contributed by atoms with Gasteiger partial charge in [-0.2, -0.15) is 0 Å². The number of amides is 2. The minimum atomic E-state index is -0.579. The molecular weight excluding hydrogens is 349 g/mol. The van der Waals surface area contributed by atoms with E-state index >= 15 is 0 Å². The standard InChI is InChI=1S/C20H22FN3O3/c1-13(20(27)23-18-6-4-5-15(11-18)14(2)25)24(3)12-19(26)22-17-9-7-16(21)8-10-17/h4-11,13H,12H2,1-3H3,(H,22,26)(H,23,27)/t13-/m0/s1. The summed E-state index contributed by atoms with van der Waals surface area (Å²) in [6, 6.07) is 11.5. The molecule has 2 aromatic rings. The summed E-state index contributed by atoms with van der Waals surface area (Å²) in [4.78, 5) is 37.5. The maximum absolute atomic E-state index is 12.9. The number of nitrogens with one attached hydrogen (secondary N) is 2. The van der Waals surface area contributed by atoms with Crippen molar-refractivity contribution in [3.63, 3.8) is 0 Å². The third-order valence-electron chi connectivity index (χ3n) is 4.10. The molecule has 2 rings (SSSR count). The van der Waals surface area contributed by atoms with Gasteiger partial charge in [0.15, 0.2) is 5.78 Å². The normalized spacial score (nSPS) is 11.7. The molecule has 0 unspecified atom stereocenters. The summed E-state index contributed by atoms with van der Waals surface area (Å²) >= 11 is 0.